The van der Waals surface area contributed by atoms with Crippen LogP contribution < -0.4 is 0 Å². The van der Waals surface area contributed by atoms with Crippen molar-refractivity contribution < 1.29 is 17.6 Å². The monoisotopic (exact) mass is 392 g/mol. The number of ketones is 1. The van der Waals surface area contributed by atoms with Crippen LogP contribution in [-0.2, 0) is 22.7 Å². The summed E-state index contributed by atoms with van der Waals surface area (Å²) in [5.41, 5.74) is 1.90. The average molecular weight is 393 g/mol. The lowest BCUT2D eigenvalue weighted by molar-refractivity contribution is 0.0988. The van der Waals surface area contributed by atoms with Crippen molar-refractivity contribution >= 4 is 27.4 Å². The first-order valence-electron chi connectivity index (χ1n) is 8.82. The van der Waals surface area contributed by atoms with Crippen molar-refractivity contribution in [3.63, 3.8) is 0 Å². The number of rotatable bonds is 4. The second-order valence-corrected chi connectivity index (χ2v) is 10.3. The fourth-order valence-electron chi connectivity index (χ4n) is 3.64. The highest BCUT2D eigenvalue weighted by Crippen LogP contribution is 2.32. The van der Waals surface area contributed by atoms with Gasteiger partial charge in [-0.25, -0.2) is 8.42 Å². The summed E-state index contributed by atoms with van der Waals surface area (Å²) in [5.74, 6) is 1.05. The van der Waals surface area contributed by atoms with E-state index in [0.717, 1.165) is 30.4 Å². The molecule has 2 atom stereocenters. The van der Waals surface area contributed by atoms with Crippen LogP contribution in [0.2, 0.25) is 0 Å². The average Bonchev–Trinajstić information content (AvgIpc) is 3.15. The summed E-state index contributed by atoms with van der Waals surface area (Å²) in [5, 5.41) is 8.26. The first-order chi connectivity index (χ1) is 12.5. The molecule has 2 heterocycles. The first kappa shape index (κ1) is 17.7. The Hall–Kier alpha value is -1.67. The Morgan fingerprint density at radius 1 is 1.19 bits per heavy atom. The number of aromatic nitrogens is 2. The fourth-order valence-corrected chi connectivity index (χ4v) is 6.50. The second-order valence-electron chi connectivity index (χ2n) is 6.96. The van der Waals surface area contributed by atoms with Crippen LogP contribution in [0.3, 0.4) is 0 Å². The van der Waals surface area contributed by atoms with Crippen molar-refractivity contribution in [3.8, 4) is 0 Å². The summed E-state index contributed by atoms with van der Waals surface area (Å²) in [6.45, 7) is 0. The van der Waals surface area contributed by atoms with Crippen LogP contribution in [0.1, 0.15) is 41.1 Å². The molecule has 1 aliphatic carbocycles. The van der Waals surface area contributed by atoms with E-state index in [1.54, 1.807) is 0 Å². The normalized spacial score (nSPS) is 25.0. The van der Waals surface area contributed by atoms with Gasteiger partial charge in [0.25, 0.3) is 5.22 Å². The molecule has 4 rings (SSSR count). The van der Waals surface area contributed by atoms with E-state index in [-0.39, 0.29) is 28.5 Å². The summed E-state index contributed by atoms with van der Waals surface area (Å²) < 4.78 is 28.8. The van der Waals surface area contributed by atoms with Crippen LogP contribution in [0.5, 0.6) is 0 Å². The van der Waals surface area contributed by atoms with Gasteiger partial charge in [-0.3, -0.25) is 4.79 Å². The first-order valence-corrected chi connectivity index (χ1v) is 11.5. The van der Waals surface area contributed by atoms with Crippen molar-refractivity contribution in [2.75, 3.05) is 11.5 Å². The van der Waals surface area contributed by atoms with Gasteiger partial charge in [0.2, 0.25) is 5.89 Å². The van der Waals surface area contributed by atoms with Gasteiger partial charge in [-0.05, 0) is 37.2 Å². The Morgan fingerprint density at radius 2 is 2.04 bits per heavy atom. The molecule has 0 spiro atoms. The Labute approximate surface area is 156 Å². The molecular formula is C18H20N2O4S2. The number of benzene rings is 1. The molecule has 2 unspecified atom stereocenters. The van der Waals surface area contributed by atoms with Crippen molar-refractivity contribution in [1.29, 1.82) is 0 Å². The molecule has 8 heteroatoms. The van der Waals surface area contributed by atoms with Crippen LogP contribution in [-0.4, -0.2) is 41.2 Å². The van der Waals surface area contributed by atoms with Crippen molar-refractivity contribution in [1.82, 2.24) is 10.2 Å². The standard InChI is InChI=1S/C18H20N2O4S2/c21-17-14-6-2-1-4-13(14)5-3-7-15(17)25-18-20-19-16(24-18)10-12-8-9-26(22,23)11-12/h1-2,4,6,12,15H,3,5,7-11H2. The van der Waals surface area contributed by atoms with E-state index >= 15 is 0 Å². The summed E-state index contributed by atoms with van der Waals surface area (Å²) in [6, 6.07) is 7.76. The van der Waals surface area contributed by atoms with Crippen molar-refractivity contribution in [2.45, 2.75) is 42.6 Å². The molecule has 0 amide bonds. The molecule has 0 N–H and O–H groups in total. The zero-order valence-corrected chi connectivity index (χ0v) is 15.9. The van der Waals surface area contributed by atoms with Gasteiger partial charge in [0.15, 0.2) is 15.6 Å². The zero-order chi connectivity index (χ0) is 18.1. The van der Waals surface area contributed by atoms with Gasteiger partial charge in [-0.15, -0.1) is 10.2 Å². The highest BCUT2D eigenvalue weighted by Gasteiger charge is 2.30. The molecule has 26 heavy (non-hydrogen) atoms. The third-order valence-corrected chi connectivity index (χ3v) is 7.91. The van der Waals surface area contributed by atoms with Gasteiger partial charge in [0.1, 0.15) is 0 Å². The van der Waals surface area contributed by atoms with E-state index in [2.05, 4.69) is 10.2 Å². The van der Waals surface area contributed by atoms with E-state index in [9.17, 15) is 13.2 Å². The quantitative estimate of drug-likeness (QED) is 0.739. The number of carbonyl (C=O) groups is 1. The highest BCUT2D eigenvalue weighted by molar-refractivity contribution is 8.00. The number of fused-ring (bicyclic) bond motifs is 1. The fraction of sp³-hybridized carbons (Fsp3) is 0.500. The van der Waals surface area contributed by atoms with Crippen LogP contribution in [0.4, 0.5) is 0 Å². The molecule has 1 fully saturated rings. The maximum absolute atomic E-state index is 12.8. The Balaban J connectivity index is 1.43. The topological polar surface area (TPSA) is 90.1 Å². The number of carbonyl (C=O) groups excluding carboxylic acids is 1. The molecule has 0 radical (unpaired) electrons. The SMILES string of the molecule is O=C1c2ccccc2CCCC1Sc1nnc(CC2CCS(=O)(=O)C2)o1. The van der Waals surface area contributed by atoms with Crippen LogP contribution in [0.25, 0.3) is 0 Å². The molecule has 1 aromatic carbocycles. The van der Waals surface area contributed by atoms with E-state index in [1.807, 2.05) is 24.3 Å². The Kier molecular flexibility index (Phi) is 4.88. The predicted molar refractivity (Wildman–Crippen MR) is 98.1 cm³/mol. The molecule has 6 nitrogen and oxygen atoms in total. The molecule has 138 valence electrons. The van der Waals surface area contributed by atoms with Gasteiger partial charge >= 0.3 is 0 Å². The predicted octanol–water partition coefficient (Wildman–Crippen LogP) is 2.73. The smallest absolute Gasteiger partial charge is 0.277 e. The number of thioether (sulfide) groups is 1. The lowest BCUT2D eigenvalue weighted by atomic mass is 10.0. The zero-order valence-electron chi connectivity index (χ0n) is 14.3. The summed E-state index contributed by atoms with van der Waals surface area (Å²) in [6.07, 6.45) is 3.75. The lowest BCUT2D eigenvalue weighted by Crippen LogP contribution is -2.16. The van der Waals surface area contributed by atoms with Gasteiger partial charge in [0.05, 0.1) is 16.8 Å². The second kappa shape index (κ2) is 7.15. The molecule has 2 aliphatic rings. The van der Waals surface area contributed by atoms with Crippen LogP contribution in [0, 0.1) is 5.92 Å². The van der Waals surface area contributed by atoms with E-state index < -0.39 is 9.84 Å². The van der Waals surface area contributed by atoms with E-state index in [1.165, 1.54) is 11.8 Å². The summed E-state index contributed by atoms with van der Waals surface area (Å²) in [7, 11) is -2.91. The largest absolute Gasteiger partial charge is 0.416 e. The minimum absolute atomic E-state index is 0.0460. The number of hydrogen-bond acceptors (Lipinski definition) is 7. The molecular weight excluding hydrogens is 372 g/mol. The lowest BCUT2D eigenvalue weighted by Gasteiger charge is -2.10. The number of sulfone groups is 1. The highest BCUT2D eigenvalue weighted by atomic mass is 32.2. The van der Waals surface area contributed by atoms with Crippen LogP contribution >= 0.6 is 11.8 Å². The Morgan fingerprint density at radius 3 is 2.85 bits per heavy atom. The molecule has 1 aliphatic heterocycles. The van der Waals surface area contributed by atoms with Gasteiger partial charge in [-0.2, -0.15) is 0 Å². The molecule has 1 saturated heterocycles. The third kappa shape index (κ3) is 3.86. The molecule has 2 aromatic rings. The summed E-state index contributed by atoms with van der Waals surface area (Å²) in [4.78, 5) is 12.8. The minimum Gasteiger partial charge on any atom is -0.416 e. The Bertz CT molecular complexity index is 923. The molecule has 0 saturated carbocycles. The minimum atomic E-state index is -2.91. The van der Waals surface area contributed by atoms with Crippen LogP contribution in [0.15, 0.2) is 33.9 Å². The number of nitrogens with zero attached hydrogens (tertiary/aromatic N) is 2. The number of aryl methyl sites for hydroxylation is 1. The molecule has 0 bridgehead atoms. The maximum Gasteiger partial charge on any atom is 0.277 e. The van der Waals surface area contributed by atoms with Crippen molar-refractivity contribution in [3.05, 3.63) is 41.3 Å². The molecule has 1 aromatic heterocycles. The maximum atomic E-state index is 12.8. The van der Waals surface area contributed by atoms with Gasteiger partial charge < -0.3 is 4.42 Å². The van der Waals surface area contributed by atoms with E-state index in [4.69, 9.17) is 4.42 Å². The van der Waals surface area contributed by atoms with Gasteiger partial charge in [0, 0.05) is 12.0 Å². The third-order valence-electron chi connectivity index (χ3n) is 4.97. The summed E-state index contributed by atoms with van der Waals surface area (Å²) >= 11 is 1.32. The van der Waals surface area contributed by atoms with Crippen molar-refractivity contribution in [2.24, 2.45) is 5.92 Å². The number of Topliss-reactive ketones (excluding diaryl/α,β-unsaturated/α-hetero) is 1. The van der Waals surface area contributed by atoms with E-state index in [0.29, 0.717) is 24.0 Å². The van der Waals surface area contributed by atoms with Gasteiger partial charge in [-0.1, -0.05) is 36.0 Å². The number of hydrogen-bond donors (Lipinski definition) is 0.